The number of rotatable bonds is 6. The van der Waals surface area contributed by atoms with Crippen LogP contribution in [0.25, 0.3) is 0 Å². The van der Waals surface area contributed by atoms with Gasteiger partial charge in [0.2, 0.25) is 0 Å². The van der Waals surface area contributed by atoms with Gasteiger partial charge in [-0.15, -0.1) is 0 Å². The highest BCUT2D eigenvalue weighted by atomic mass is 16.3. The van der Waals surface area contributed by atoms with Gasteiger partial charge in [0.05, 0.1) is 5.56 Å². The summed E-state index contributed by atoms with van der Waals surface area (Å²) in [6.45, 7) is 2.24. The number of aromatic nitrogens is 1. The molecule has 132 valence electrons. The molecule has 1 heterocycles. The summed E-state index contributed by atoms with van der Waals surface area (Å²) in [6, 6.07) is 11.7. The lowest BCUT2D eigenvalue weighted by atomic mass is 10.00. The first kappa shape index (κ1) is 17.4. The normalized spacial score (nSPS) is 19.6. The first-order chi connectivity index (χ1) is 12.2. The maximum Gasteiger partial charge on any atom is 0.257 e. The van der Waals surface area contributed by atoms with Crippen molar-refractivity contribution in [3.8, 4) is 0 Å². The molecule has 0 saturated heterocycles. The van der Waals surface area contributed by atoms with E-state index in [1.165, 1.54) is 6.42 Å². The number of anilines is 2. The predicted molar refractivity (Wildman–Crippen MR) is 99.8 cm³/mol. The van der Waals surface area contributed by atoms with Crippen molar-refractivity contribution in [2.45, 2.75) is 38.6 Å². The van der Waals surface area contributed by atoms with Gasteiger partial charge in [-0.05, 0) is 56.4 Å². The molecule has 3 rings (SSSR count). The van der Waals surface area contributed by atoms with Crippen LogP contribution in [-0.2, 0) is 0 Å². The third-order valence-electron chi connectivity index (χ3n) is 4.83. The van der Waals surface area contributed by atoms with Crippen molar-refractivity contribution >= 4 is 17.4 Å². The van der Waals surface area contributed by atoms with Crippen LogP contribution in [0, 0.1) is 12.8 Å². The number of aryl methyl sites for hydroxylation is 1. The molecule has 2 unspecified atom stereocenters. The first-order valence-corrected chi connectivity index (χ1v) is 8.87. The van der Waals surface area contributed by atoms with E-state index in [1.807, 2.05) is 37.3 Å². The SMILES string of the molecule is Cc1ccc(NC(=O)c2ccc(NC3CCCC3CCO)nc2)cc1. The molecule has 1 fully saturated rings. The first-order valence-electron chi connectivity index (χ1n) is 8.87. The molecule has 3 N–H and O–H groups in total. The maximum absolute atomic E-state index is 12.3. The number of pyridine rings is 1. The Morgan fingerprint density at radius 1 is 1.20 bits per heavy atom. The monoisotopic (exact) mass is 339 g/mol. The van der Waals surface area contributed by atoms with E-state index in [4.69, 9.17) is 5.11 Å². The molecule has 0 spiro atoms. The Hall–Kier alpha value is -2.40. The highest BCUT2D eigenvalue weighted by Crippen LogP contribution is 2.30. The molecule has 1 aromatic carbocycles. The smallest absolute Gasteiger partial charge is 0.257 e. The quantitative estimate of drug-likeness (QED) is 0.752. The lowest BCUT2D eigenvalue weighted by molar-refractivity contribution is 0.102. The summed E-state index contributed by atoms with van der Waals surface area (Å²) < 4.78 is 0. The number of hydrogen-bond acceptors (Lipinski definition) is 4. The molecule has 0 radical (unpaired) electrons. The Labute approximate surface area is 148 Å². The third kappa shape index (κ3) is 4.57. The molecule has 2 aromatic rings. The van der Waals surface area contributed by atoms with Gasteiger partial charge >= 0.3 is 0 Å². The molecule has 1 aliphatic carbocycles. The van der Waals surface area contributed by atoms with Crippen molar-refractivity contribution in [3.05, 3.63) is 53.7 Å². The largest absolute Gasteiger partial charge is 0.396 e. The van der Waals surface area contributed by atoms with Crippen LogP contribution in [0.1, 0.15) is 41.6 Å². The van der Waals surface area contributed by atoms with Crippen LogP contribution in [0.3, 0.4) is 0 Å². The number of nitrogens with one attached hydrogen (secondary N) is 2. The summed E-state index contributed by atoms with van der Waals surface area (Å²) in [4.78, 5) is 16.7. The van der Waals surface area contributed by atoms with Gasteiger partial charge < -0.3 is 15.7 Å². The fourth-order valence-corrected chi connectivity index (χ4v) is 3.38. The van der Waals surface area contributed by atoms with Gasteiger partial charge in [-0.25, -0.2) is 4.98 Å². The lowest BCUT2D eigenvalue weighted by Crippen LogP contribution is -2.25. The Bertz CT molecular complexity index is 698. The van der Waals surface area contributed by atoms with Crippen LogP contribution >= 0.6 is 0 Å². The van der Waals surface area contributed by atoms with Crippen LogP contribution in [0.4, 0.5) is 11.5 Å². The third-order valence-corrected chi connectivity index (χ3v) is 4.83. The molecular formula is C20H25N3O2. The molecule has 0 bridgehead atoms. The van der Waals surface area contributed by atoms with Gasteiger partial charge in [-0.2, -0.15) is 0 Å². The van der Waals surface area contributed by atoms with Crippen LogP contribution in [0.2, 0.25) is 0 Å². The van der Waals surface area contributed by atoms with Crippen LogP contribution in [-0.4, -0.2) is 28.6 Å². The van der Waals surface area contributed by atoms with E-state index in [-0.39, 0.29) is 12.5 Å². The van der Waals surface area contributed by atoms with Crippen LogP contribution in [0.15, 0.2) is 42.6 Å². The lowest BCUT2D eigenvalue weighted by Gasteiger charge is -2.20. The number of benzene rings is 1. The molecule has 5 heteroatoms. The highest BCUT2D eigenvalue weighted by Gasteiger charge is 2.26. The molecule has 0 aliphatic heterocycles. The van der Waals surface area contributed by atoms with Crippen molar-refractivity contribution in [2.75, 3.05) is 17.2 Å². The Balaban J connectivity index is 1.59. The minimum atomic E-state index is -0.165. The number of aliphatic hydroxyl groups excluding tert-OH is 1. The van der Waals surface area contributed by atoms with E-state index in [1.54, 1.807) is 12.3 Å². The van der Waals surface area contributed by atoms with Crippen LogP contribution < -0.4 is 10.6 Å². The highest BCUT2D eigenvalue weighted by molar-refractivity contribution is 6.04. The van der Waals surface area contributed by atoms with Gasteiger partial charge in [0.25, 0.3) is 5.91 Å². The standard InChI is InChI=1S/C20H25N3O2/c1-14-5-8-17(9-6-14)22-20(25)16-7-10-19(21-13-16)23-18-4-2-3-15(18)11-12-24/h5-10,13,15,18,24H,2-4,11-12H2,1H3,(H,21,23)(H,22,25). The molecule has 1 aliphatic rings. The van der Waals surface area contributed by atoms with Gasteiger partial charge in [0.15, 0.2) is 0 Å². The average Bonchev–Trinajstić information content (AvgIpc) is 3.05. The number of amides is 1. The average molecular weight is 339 g/mol. The van der Waals surface area contributed by atoms with Crippen molar-refractivity contribution < 1.29 is 9.90 Å². The molecule has 1 aromatic heterocycles. The summed E-state index contributed by atoms with van der Waals surface area (Å²) in [5.41, 5.74) is 2.46. The van der Waals surface area contributed by atoms with Crippen molar-refractivity contribution in [3.63, 3.8) is 0 Å². The second-order valence-electron chi connectivity index (χ2n) is 6.71. The second-order valence-corrected chi connectivity index (χ2v) is 6.71. The number of aliphatic hydroxyl groups is 1. The Morgan fingerprint density at radius 2 is 2.00 bits per heavy atom. The molecule has 2 atom stereocenters. The predicted octanol–water partition coefficient (Wildman–Crippen LogP) is 3.61. The zero-order valence-corrected chi connectivity index (χ0v) is 14.5. The molecular weight excluding hydrogens is 314 g/mol. The van der Waals surface area contributed by atoms with E-state index in [0.717, 1.165) is 36.3 Å². The van der Waals surface area contributed by atoms with Crippen molar-refractivity contribution in [1.82, 2.24) is 4.98 Å². The minimum absolute atomic E-state index is 0.165. The minimum Gasteiger partial charge on any atom is -0.396 e. The summed E-state index contributed by atoms with van der Waals surface area (Å²) >= 11 is 0. The topological polar surface area (TPSA) is 74.2 Å². The Morgan fingerprint density at radius 3 is 2.68 bits per heavy atom. The van der Waals surface area contributed by atoms with Crippen molar-refractivity contribution in [1.29, 1.82) is 0 Å². The molecule has 1 amide bonds. The fraction of sp³-hybridized carbons (Fsp3) is 0.400. The zero-order chi connectivity index (χ0) is 17.6. The Kier molecular flexibility index (Phi) is 5.66. The van der Waals surface area contributed by atoms with E-state index >= 15 is 0 Å². The maximum atomic E-state index is 12.3. The summed E-state index contributed by atoms with van der Waals surface area (Å²) in [5.74, 6) is 1.11. The van der Waals surface area contributed by atoms with E-state index < -0.39 is 0 Å². The fourth-order valence-electron chi connectivity index (χ4n) is 3.38. The van der Waals surface area contributed by atoms with Crippen LogP contribution in [0.5, 0.6) is 0 Å². The van der Waals surface area contributed by atoms with Crippen molar-refractivity contribution in [2.24, 2.45) is 5.92 Å². The molecule has 5 nitrogen and oxygen atoms in total. The van der Waals surface area contributed by atoms with E-state index in [2.05, 4.69) is 15.6 Å². The van der Waals surface area contributed by atoms with Gasteiger partial charge in [0.1, 0.15) is 5.82 Å². The second kappa shape index (κ2) is 8.12. The van der Waals surface area contributed by atoms with Gasteiger partial charge in [0, 0.05) is 24.5 Å². The zero-order valence-electron chi connectivity index (χ0n) is 14.5. The van der Waals surface area contributed by atoms with Gasteiger partial charge in [-0.1, -0.05) is 24.1 Å². The van der Waals surface area contributed by atoms with E-state index in [0.29, 0.717) is 17.5 Å². The summed E-state index contributed by atoms with van der Waals surface area (Å²) in [6.07, 6.45) is 5.85. The number of carbonyl (C=O) groups excluding carboxylic acids is 1. The summed E-state index contributed by atoms with van der Waals surface area (Å²) in [7, 11) is 0. The molecule has 25 heavy (non-hydrogen) atoms. The van der Waals surface area contributed by atoms with E-state index in [9.17, 15) is 4.79 Å². The number of hydrogen-bond donors (Lipinski definition) is 3. The number of carbonyl (C=O) groups is 1. The van der Waals surface area contributed by atoms with Gasteiger partial charge in [-0.3, -0.25) is 4.79 Å². The number of nitrogens with zero attached hydrogens (tertiary/aromatic N) is 1. The molecule has 1 saturated carbocycles. The summed E-state index contributed by atoms with van der Waals surface area (Å²) in [5, 5.41) is 15.5.